The highest BCUT2D eigenvalue weighted by Gasteiger charge is 1.94. The molecule has 0 saturated heterocycles. The number of benzene rings is 2. The van der Waals surface area contributed by atoms with Crippen LogP contribution in [-0.4, -0.2) is 0 Å². The zero-order chi connectivity index (χ0) is 12.0. The summed E-state index contributed by atoms with van der Waals surface area (Å²) in [5.41, 5.74) is 7.34. The van der Waals surface area contributed by atoms with Gasteiger partial charge in [-0.1, -0.05) is 59.1 Å². The second kappa shape index (κ2) is 6.41. The summed E-state index contributed by atoms with van der Waals surface area (Å²) < 4.78 is 0. The minimum Gasteiger partial charge on any atom is -0.399 e. The number of rotatable bonds is 0. The van der Waals surface area contributed by atoms with Gasteiger partial charge < -0.3 is 5.73 Å². The molecule has 0 aliphatic carbocycles. The molecule has 16 heavy (non-hydrogen) atoms. The van der Waals surface area contributed by atoms with Crippen LogP contribution >= 0.6 is 23.2 Å². The third-order valence-electron chi connectivity index (χ3n) is 1.88. The van der Waals surface area contributed by atoms with Crippen molar-refractivity contribution in [1.29, 1.82) is 0 Å². The standard InChI is InChI=1S/C7H8.C6H5Cl2N/c1-7-5-3-2-4-6-7;7-5-2-1-4(9)3-6(5)8/h2-6H,1H3;1-3H,9H2. The van der Waals surface area contributed by atoms with Gasteiger partial charge in [0.05, 0.1) is 10.0 Å². The van der Waals surface area contributed by atoms with Crippen molar-refractivity contribution in [2.24, 2.45) is 0 Å². The Hall–Kier alpha value is -1.18. The molecule has 0 radical (unpaired) electrons. The molecule has 0 unspecified atom stereocenters. The lowest BCUT2D eigenvalue weighted by Crippen LogP contribution is -1.82. The second-order valence-electron chi connectivity index (χ2n) is 3.33. The van der Waals surface area contributed by atoms with Gasteiger partial charge >= 0.3 is 0 Å². The fourth-order valence-corrected chi connectivity index (χ4v) is 1.35. The van der Waals surface area contributed by atoms with E-state index in [1.807, 2.05) is 18.2 Å². The lowest BCUT2D eigenvalue weighted by Gasteiger charge is -1.94. The van der Waals surface area contributed by atoms with Gasteiger partial charge in [-0.3, -0.25) is 0 Å². The van der Waals surface area contributed by atoms with Crippen LogP contribution in [0.4, 0.5) is 5.69 Å². The lowest BCUT2D eigenvalue weighted by atomic mass is 10.2. The van der Waals surface area contributed by atoms with E-state index in [2.05, 4.69) is 19.1 Å². The summed E-state index contributed by atoms with van der Waals surface area (Å²) in [6.07, 6.45) is 0. The molecule has 1 nitrogen and oxygen atoms in total. The maximum Gasteiger partial charge on any atom is 0.0612 e. The molecule has 0 saturated carbocycles. The number of hydrogen-bond acceptors (Lipinski definition) is 1. The molecule has 0 heterocycles. The van der Waals surface area contributed by atoms with Gasteiger partial charge in [0, 0.05) is 5.69 Å². The van der Waals surface area contributed by atoms with Crippen LogP contribution in [0.15, 0.2) is 48.5 Å². The molecule has 0 aromatic heterocycles. The summed E-state index contributed by atoms with van der Waals surface area (Å²) >= 11 is 11.2. The Bertz CT molecular complexity index is 441. The Balaban J connectivity index is 0.000000165. The van der Waals surface area contributed by atoms with Gasteiger partial charge in [-0.15, -0.1) is 0 Å². The molecule has 0 fully saturated rings. The van der Waals surface area contributed by atoms with Gasteiger partial charge in [-0.2, -0.15) is 0 Å². The van der Waals surface area contributed by atoms with Crippen LogP contribution in [0, 0.1) is 6.92 Å². The van der Waals surface area contributed by atoms with Crippen LogP contribution < -0.4 is 5.73 Å². The van der Waals surface area contributed by atoms with Gasteiger partial charge in [0.2, 0.25) is 0 Å². The molecular weight excluding hydrogens is 241 g/mol. The zero-order valence-electron chi connectivity index (χ0n) is 8.95. The van der Waals surface area contributed by atoms with E-state index in [0.29, 0.717) is 15.7 Å². The van der Waals surface area contributed by atoms with Crippen LogP contribution in [-0.2, 0) is 0 Å². The second-order valence-corrected chi connectivity index (χ2v) is 4.14. The Morgan fingerprint density at radius 3 is 1.88 bits per heavy atom. The van der Waals surface area contributed by atoms with E-state index in [1.54, 1.807) is 18.2 Å². The van der Waals surface area contributed by atoms with Gasteiger partial charge in [0.1, 0.15) is 0 Å². The lowest BCUT2D eigenvalue weighted by molar-refractivity contribution is 1.48. The minimum absolute atomic E-state index is 0.497. The molecule has 0 aliphatic heterocycles. The van der Waals surface area contributed by atoms with Crippen LogP contribution in [0.3, 0.4) is 0 Å². The first kappa shape index (κ1) is 12.9. The van der Waals surface area contributed by atoms with Crippen molar-refractivity contribution in [2.75, 3.05) is 5.73 Å². The predicted molar refractivity (Wildman–Crippen MR) is 72.1 cm³/mol. The van der Waals surface area contributed by atoms with Crippen molar-refractivity contribution >= 4 is 28.9 Å². The van der Waals surface area contributed by atoms with Crippen molar-refractivity contribution in [3.05, 3.63) is 64.1 Å². The van der Waals surface area contributed by atoms with Crippen molar-refractivity contribution in [1.82, 2.24) is 0 Å². The largest absolute Gasteiger partial charge is 0.399 e. The highest BCUT2D eigenvalue weighted by atomic mass is 35.5. The molecule has 0 amide bonds. The summed E-state index contributed by atoms with van der Waals surface area (Å²) in [6, 6.07) is 15.2. The summed E-state index contributed by atoms with van der Waals surface area (Å²) in [5.74, 6) is 0. The fraction of sp³-hybridized carbons (Fsp3) is 0.0769. The maximum absolute atomic E-state index is 5.60. The van der Waals surface area contributed by atoms with Crippen molar-refractivity contribution in [3.8, 4) is 0 Å². The van der Waals surface area contributed by atoms with E-state index in [1.165, 1.54) is 5.56 Å². The third-order valence-corrected chi connectivity index (χ3v) is 2.62. The quantitative estimate of drug-likeness (QED) is 0.684. The third kappa shape index (κ3) is 4.56. The van der Waals surface area contributed by atoms with Gasteiger partial charge in [0.15, 0.2) is 0 Å². The van der Waals surface area contributed by atoms with E-state index in [9.17, 15) is 0 Å². The monoisotopic (exact) mass is 253 g/mol. The van der Waals surface area contributed by atoms with E-state index in [-0.39, 0.29) is 0 Å². The zero-order valence-corrected chi connectivity index (χ0v) is 10.5. The number of nitrogen functional groups attached to an aromatic ring is 1. The molecule has 0 spiro atoms. The normalized spacial score (nSPS) is 9.19. The molecule has 0 atom stereocenters. The van der Waals surface area contributed by atoms with Crippen LogP contribution in [0.5, 0.6) is 0 Å². The summed E-state index contributed by atoms with van der Waals surface area (Å²) in [6.45, 7) is 2.08. The number of nitrogens with two attached hydrogens (primary N) is 1. The molecule has 2 rings (SSSR count). The first-order chi connectivity index (χ1) is 7.59. The molecule has 0 aliphatic rings. The molecule has 2 aromatic carbocycles. The summed E-state index contributed by atoms with van der Waals surface area (Å²) in [5, 5.41) is 1.03. The molecule has 2 N–H and O–H groups in total. The number of anilines is 1. The van der Waals surface area contributed by atoms with Gasteiger partial charge in [-0.05, 0) is 25.1 Å². The van der Waals surface area contributed by atoms with E-state index < -0.39 is 0 Å². The smallest absolute Gasteiger partial charge is 0.0612 e. The van der Waals surface area contributed by atoms with E-state index in [0.717, 1.165) is 0 Å². The fourth-order valence-electron chi connectivity index (χ4n) is 1.05. The van der Waals surface area contributed by atoms with Gasteiger partial charge in [0.25, 0.3) is 0 Å². The van der Waals surface area contributed by atoms with E-state index in [4.69, 9.17) is 28.9 Å². The Morgan fingerprint density at radius 1 is 0.875 bits per heavy atom. The van der Waals surface area contributed by atoms with Crippen LogP contribution in [0.25, 0.3) is 0 Å². The minimum atomic E-state index is 0.497. The predicted octanol–water partition coefficient (Wildman–Crippen LogP) is 4.57. The number of aryl methyl sites for hydroxylation is 1. The average molecular weight is 254 g/mol. The molecule has 3 heteroatoms. The average Bonchev–Trinajstić information content (AvgIpc) is 2.26. The van der Waals surface area contributed by atoms with Gasteiger partial charge in [-0.25, -0.2) is 0 Å². The Labute approximate surface area is 106 Å². The molecule has 84 valence electrons. The maximum atomic E-state index is 5.60. The van der Waals surface area contributed by atoms with Crippen molar-refractivity contribution in [3.63, 3.8) is 0 Å². The van der Waals surface area contributed by atoms with Crippen LogP contribution in [0.1, 0.15) is 5.56 Å². The number of hydrogen-bond donors (Lipinski definition) is 1. The number of halogens is 2. The van der Waals surface area contributed by atoms with Crippen LogP contribution in [0.2, 0.25) is 10.0 Å². The topological polar surface area (TPSA) is 26.0 Å². The molecule has 0 bridgehead atoms. The highest BCUT2D eigenvalue weighted by molar-refractivity contribution is 6.42. The summed E-state index contributed by atoms with van der Waals surface area (Å²) in [4.78, 5) is 0. The Kier molecular flexibility index (Phi) is 5.17. The van der Waals surface area contributed by atoms with E-state index >= 15 is 0 Å². The summed E-state index contributed by atoms with van der Waals surface area (Å²) in [7, 11) is 0. The van der Waals surface area contributed by atoms with Crippen molar-refractivity contribution in [2.45, 2.75) is 6.92 Å². The molecular formula is C13H13Cl2N. The Morgan fingerprint density at radius 2 is 1.50 bits per heavy atom. The van der Waals surface area contributed by atoms with Crippen molar-refractivity contribution < 1.29 is 0 Å². The first-order valence-electron chi connectivity index (χ1n) is 4.82. The first-order valence-corrected chi connectivity index (χ1v) is 5.57. The SMILES string of the molecule is Cc1ccccc1.Nc1ccc(Cl)c(Cl)c1. The molecule has 2 aromatic rings. The highest BCUT2D eigenvalue weighted by Crippen LogP contribution is 2.23.